The molecule has 2 aromatic rings. The molecule has 1 atom stereocenters. The maximum Gasteiger partial charge on any atom is 0.0575 e. The van der Waals surface area contributed by atoms with Crippen LogP contribution in [0.15, 0.2) is 30.5 Å². The fourth-order valence-electron chi connectivity index (χ4n) is 1.28. The average Bonchev–Trinajstić information content (AvgIpc) is 2.21. The van der Waals surface area contributed by atoms with Crippen LogP contribution in [0.25, 0.3) is 10.8 Å². The normalized spacial score (nSPS) is 9.43. The van der Waals surface area contributed by atoms with Crippen LogP contribution in [-0.4, -0.2) is 4.98 Å². The second kappa shape index (κ2) is 5.07. The molecule has 1 aromatic heterocycles. The highest BCUT2D eigenvalue weighted by atomic mass is 31.0. The molecule has 1 aromatic carbocycles. The summed E-state index contributed by atoms with van der Waals surface area (Å²) >= 11 is 0. The lowest BCUT2D eigenvalue weighted by molar-refractivity contribution is 1.42. The summed E-state index contributed by atoms with van der Waals surface area (Å²) in [5.74, 6) is 0. The quantitative estimate of drug-likeness (QED) is 0.602. The molecule has 1 heterocycles. The van der Waals surface area contributed by atoms with Crippen LogP contribution in [0.3, 0.4) is 0 Å². The molecule has 1 nitrogen and oxygen atoms in total. The van der Waals surface area contributed by atoms with E-state index in [-0.39, 0.29) is 0 Å². The lowest BCUT2D eigenvalue weighted by Gasteiger charge is -1.99. The molecule has 0 aliphatic carbocycles. The molecule has 14 heavy (non-hydrogen) atoms. The van der Waals surface area contributed by atoms with E-state index in [0.717, 1.165) is 5.44 Å². The van der Waals surface area contributed by atoms with Crippen molar-refractivity contribution >= 4 is 25.4 Å². The summed E-state index contributed by atoms with van der Waals surface area (Å²) in [5, 5.41) is 2.46. The molecule has 0 aliphatic heterocycles. The monoisotopic (exact) mass is 205 g/mol. The number of hydrogen-bond donors (Lipinski definition) is 0. The van der Waals surface area contributed by atoms with Gasteiger partial charge in [-0.05, 0) is 24.4 Å². The van der Waals surface area contributed by atoms with E-state index in [1.54, 1.807) is 0 Å². The summed E-state index contributed by atoms with van der Waals surface area (Å²) < 4.78 is 0. The number of hydrogen-bond acceptors (Lipinski definition) is 1. The fraction of sp³-hybridized carbons (Fsp3) is 0.250. The number of rotatable bonds is 0. The van der Waals surface area contributed by atoms with Gasteiger partial charge in [0.05, 0.1) is 5.44 Å². The van der Waals surface area contributed by atoms with Crippen LogP contribution in [0.4, 0.5) is 0 Å². The Morgan fingerprint density at radius 3 is 2.50 bits per heavy atom. The molecule has 0 fully saturated rings. The molecule has 0 N–H and O–H groups in total. The summed E-state index contributed by atoms with van der Waals surface area (Å²) in [7, 11) is 2.60. The molecule has 2 heteroatoms. The van der Waals surface area contributed by atoms with E-state index >= 15 is 0 Å². The predicted octanol–water partition coefficient (Wildman–Crippen LogP) is 3.07. The van der Waals surface area contributed by atoms with Crippen LogP contribution in [0, 0.1) is 6.92 Å². The summed E-state index contributed by atoms with van der Waals surface area (Å²) in [5.41, 5.74) is 2.27. The minimum absolute atomic E-state index is 0.992. The van der Waals surface area contributed by atoms with Crippen LogP contribution in [-0.2, 0) is 0 Å². The molecular formula is C12H16NP. The highest BCUT2D eigenvalue weighted by Gasteiger charge is 1.93. The Labute approximate surface area is 87.8 Å². The van der Waals surface area contributed by atoms with Crippen molar-refractivity contribution in [3.05, 3.63) is 36.0 Å². The number of pyridine rings is 1. The summed E-state index contributed by atoms with van der Waals surface area (Å²) in [6, 6.07) is 8.46. The molecule has 1 unspecified atom stereocenters. The van der Waals surface area contributed by atoms with E-state index in [1.807, 2.05) is 20.0 Å². The van der Waals surface area contributed by atoms with Crippen molar-refractivity contribution in [2.75, 3.05) is 0 Å². The van der Waals surface area contributed by atoms with Gasteiger partial charge in [-0.3, -0.25) is 4.98 Å². The fourth-order valence-corrected chi connectivity index (χ4v) is 1.53. The topological polar surface area (TPSA) is 12.9 Å². The van der Waals surface area contributed by atoms with E-state index in [9.17, 15) is 0 Å². The predicted molar refractivity (Wildman–Crippen MR) is 67.2 cm³/mol. The van der Waals surface area contributed by atoms with E-state index in [4.69, 9.17) is 0 Å². The Morgan fingerprint density at radius 1 is 1.07 bits per heavy atom. The molecule has 2 rings (SSSR count). The zero-order valence-corrected chi connectivity index (χ0v) is 10.1. The number of nitrogens with zero attached hydrogens (tertiary/aromatic N) is 1. The number of aryl methyl sites for hydroxylation is 1. The molecule has 0 radical (unpaired) electrons. The third kappa shape index (κ3) is 2.52. The van der Waals surface area contributed by atoms with Gasteiger partial charge in [0.25, 0.3) is 0 Å². The van der Waals surface area contributed by atoms with Gasteiger partial charge < -0.3 is 0 Å². The van der Waals surface area contributed by atoms with Gasteiger partial charge in [-0.2, -0.15) is 0 Å². The lowest BCUT2D eigenvalue weighted by Crippen LogP contribution is -1.95. The van der Waals surface area contributed by atoms with Crippen LogP contribution < -0.4 is 5.44 Å². The van der Waals surface area contributed by atoms with E-state index in [1.165, 1.54) is 16.3 Å². The van der Waals surface area contributed by atoms with Crippen molar-refractivity contribution in [1.29, 1.82) is 0 Å². The van der Waals surface area contributed by atoms with Gasteiger partial charge >= 0.3 is 0 Å². The Balaban J connectivity index is 0.000000461. The Hall–Kier alpha value is -0.940. The summed E-state index contributed by atoms with van der Waals surface area (Å²) in [6.45, 7) is 6.09. The van der Waals surface area contributed by atoms with E-state index in [0.29, 0.717) is 0 Å². The van der Waals surface area contributed by atoms with Crippen LogP contribution >= 0.6 is 9.24 Å². The zero-order chi connectivity index (χ0) is 10.6. The summed E-state index contributed by atoms with van der Waals surface area (Å²) in [4.78, 5) is 4.21. The standard InChI is InChI=1S/C10H10NP.C2H6/c1-7-2-3-8-5-10(12)11-6-9(8)4-7;1-2/h2-6H,12H2,1H3;1-2H3. The Morgan fingerprint density at radius 2 is 1.79 bits per heavy atom. The second-order valence-corrected chi connectivity index (χ2v) is 3.55. The third-order valence-electron chi connectivity index (χ3n) is 1.90. The van der Waals surface area contributed by atoms with Crippen molar-refractivity contribution in [3.8, 4) is 0 Å². The van der Waals surface area contributed by atoms with Crippen molar-refractivity contribution in [2.24, 2.45) is 0 Å². The number of fused-ring (bicyclic) bond motifs is 1. The first-order valence-electron chi connectivity index (χ1n) is 4.87. The smallest absolute Gasteiger partial charge is 0.0575 e. The van der Waals surface area contributed by atoms with Gasteiger partial charge in [0, 0.05) is 11.6 Å². The van der Waals surface area contributed by atoms with Crippen LogP contribution in [0.2, 0.25) is 0 Å². The molecule has 0 saturated heterocycles. The molecule has 0 amide bonds. The highest BCUT2D eigenvalue weighted by Crippen LogP contribution is 2.13. The Bertz CT molecular complexity index is 382. The van der Waals surface area contributed by atoms with Gasteiger partial charge in [-0.15, -0.1) is 0 Å². The van der Waals surface area contributed by atoms with Gasteiger partial charge in [0.1, 0.15) is 0 Å². The van der Waals surface area contributed by atoms with E-state index < -0.39 is 0 Å². The molecule has 0 saturated carbocycles. The van der Waals surface area contributed by atoms with Crippen molar-refractivity contribution < 1.29 is 0 Å². The molecular weight excluding hydrogens is 189 g/mol. The third-order valence-corrected chi connectivity index (χ3v) is 2.21. The largest absolute Gasteiger partial charge is 0.256 e. The van der Waals surface area contributed by atoms with Gasteiger partial charge in [0.15, 0.2) is 0 Å². The van der Waals surface area contributed by atoms with Crippen LogP contribution in [0.5, 0.6) is 0 Å². The maximum atomic E-state index is 4.21. The second-order valence-electron chi connectivity index (χ2n) is 2.96. The van der Waals surface area contributed by atoms with E-state index in [2.05, 4.69) is 45.4 Å². The first kappa shape index (κ1) is 11.1. The number of benzene rings is 1. The Kier molecular flexibility index (Phi) is 4.03. The zero-order valence-electron chi connectivity index (χ0n) is 8.91. The SMILES string of the molecule is CC.Cc1ccc2cc(P)ncc2c1. The number of aromatic nitrogens is 1. The van der Waals surface area contributed by atoms with Crippen molar-refractivity contribution in [2.45, 2.75) is 20.8 Å². The first-order chi connectivity index (χ1) is 6.75. The molecule has 0 aliphatic rings. The summed E-state index contributed by atoms with van der Waals surface area (Å²) in [6.07, 6.45) is 1.91. The average molecular weight is 205 g/mol. The minimum Gasteiger partial charge on any atom is -0.256 e. The van der Waals surface area contributed by atoms with Crippen molar-refractivity contribution in [3.63, 3.8) is 0 Å². The van der Waals surface area contributed by atoms with Gasteiger partial charge in [0.2, 0.25) is 0 Å². The first-order valence-corrected chi connectivity index (χ1v) is 5.45. The molecule has 0 spiro atoms. The highest BCUT2D eigenvalue weighted by molar-refractivity contribution is 7.26. The van der Waals surface area contributed by atoms with Gasteiger partial charge in [-0.25, -0.2) is 0 Å². The lowest BCUT2D eigenvalue weighted by atomic mass is 10.1. The molecule has 74 valence electrons. The van der Waals surface area contributed by atoms with Crippen molar-refractivity contribution in [1.82, 2.24) is 4.98 Å². The maximum absolute atomic E-state index is 4.21. The van der Waals surface area contributed by atoms with Gasteiger partial charge in [-0.1, -0.05) is 40.8 Å². The molecule has 0 bridgehead atoms. The minimum atomic E-state index is 0.992. The van der Waals surface area contributed by atoms with Crippen LogP contribution in [0.1, 0.15) is 19.4 Å².